The summed E-state index contributed by atoms with van der Waals surface area (Å²) in [6, 6.07) is 3.47. The fourth-order valence-electron chi connectivity index (χ4n) is 1.41. The van der Waals surface area contributed by atoms with Gasteiger partial charge in [0.1, 0.15) is 11.4 Å². The summed E-state index contributed by atoms with van der Waals surface area (Å²) in [6.45, 7) is 9.48. The molecule has 0 saturated heterocycles. The lowest BCUT2D eigenvalue weighted by atomic mass is 9.98. The first kappa shape index (κ1) is 14.5. The van der Waals surface area contributed by atoms with Crippen LogP contribution in [0.1, 0.15) is 38.1 Å². The zero-order valence-electron chi connectivity index (χ0n) is 11.6. The second-order valence-electron chi connectivity index (χ2n) is 4.72. The van der Waals surface area contributed by atoms with Crippen molar-refractivity contribution in [2.45, 2.75) is 27.7 Å². The van der Waals surface area contributed by atoms with Crippen molar-refractivity contribution in [3.05, 3.63) is 23.9 Å². The molecule has 0 amide bonds. The van der Waals surface area contributed by atoms with Crippen molar-refractivity contribution in [3.8, 4) is 0 Å². The summed E-state index contributed by atoms with van der Waals surface area (Å²) < 4.78 is 5.00. The zero-order valence-corrected chi connectivity index (χ0v) is 11.6. The number of rotatable bonds is 6. The van der Waals surface area contributed by atoms with Crippen LogP contribution < -0.4 is 5.32 Å². The minimum absolute atomic E-state index is 0.328. The molecule has 0 aromatic carbocycles. The van der Waals surface area contributed by atoms with E-state index in [4.69, 9.17) is 4.74 Å². The summed E-state index contributed by atoms with van der Waals surface area (Å²) in [7, 11) is 0. The Bertz CT molecular complexity index is 391. The van der Waals surface area contributed by atoms with Gasteiger partial charge in [-0.25, -0.2) is 9.78 Å². The summed E-state index contributed by atoms with van der Waals surface area (Å²) in [5, 5.41) is 3.22. The lowest BCUT2D eigenvalue weighted by Crippen LogP contribution is -2.19. The Morgan fingerprint density at radius 2 is 2.17 bits per heavy atom. The van der Waals surface area contributed by atoms with Crippen LogP contribution in [0.5, 0.6) is 0 Å². The number of aromatic nitrogens is 1. The number of hydrogen-bond donors (Lipinski definition) is 1. The highest BCUT2D eigenvalue weighted by Crippen LogP contribution is 2.15. The van der Waals surface area contributed by atoms with Crippen LogP contribution in [-0.4, -0.2) is 24.1 Å². The van der Waals surface area contributed by atoms with Crippen LogP contribution in [0.15, 0.2) is 18.3 Å². The van der Waals surface area contributed by atoms with Crippen molar-refractivity contribution in [2.75, 3.05) is 18.5 Å². The summed E-state index contributed by atoms with van der Waals surface area (Å²) >= 11 is 0. The monoisotopic (exact) mass is 250 g/mol. The number of carbonyl (C=O) groups is 1. The first-order valence-corrected chi connectivity index (χ1v) is 6.42. The summed E-state index contributed by atoms with van der Waals surface area (Å²) in [4.78, 5) is 15.9. The van der Waals surface area contributed by atoms with Gasteiger partial charge in [0.05, 0.1) is 6.61 Å². The van der Waals surface area contributed by atoms with E-state index in [1.54, 1.807) is 25.3 Å². The van der Waals surface area contributed by atoms with Crippen LogP contribution in [0, 0.1) is 11.8 Å². The van der Waals surface area contributed by atoms with E-state index >= 15 is 0 Å². The van der Waals surface area contributed by atoms with Gasteiger partial charge in [-0.2, -0.15) is 0 Å². The molecule has 1 aromatic rings. The summed E-state index contributed by atoms with van der Waals surface area (Å²) in [5.41, 5.74) is 0.496. The van der Waals surface area contributed by atoms with Gasteiger partial charge in [-0.15, -0.1) is 0 Å². The van der Waals surface area contributed by atoms with E-state index in [9.17, 15) is 4.79 Å². The molecule has 1 N–H and O–H groups in total. The molecule has 0 radical (unpaired) electrons. The van der Waals surface area contributed by atoms with Gasteiger partial charge < -0.3 is 10.1 Å². The van der Waals surface area contributed by atoms with E-state index < -0.39 is 0 Å². The minimum Gasteiger partial charge on any atom is -0.462 e. The van der Waals surface area contributed by atoms with Crippen molar-refractivity contribution in [1.29, 1.82) is 0 Å². The minimum atomic E-state index is -0.328. The molecule has 0 fully saturated rings. The summed E-state index contributed by atoms with van der Waals surface area (Å²) in [6.07, 6.45) is 1.67. The molecule has 0 spiro atoms. The van der Waals surface area contributed by atoms with Crippen molar-refractivity contribution in [1.82, 2.24) is 4.98 Å². The molecule has 0 bridgehead atoms. The van der Waals surface area contributed by atoms with Crippen molar-refractivity contribution in [3.63, 3.8) is 0 Å². The Morgan fingerprint density at radius 3 is 2.78 bits per heavy atom. The molecule has 1 heterocycles. The van der Waals surface area contributed by atoms with E-state index in [0.717, 1.165) is 6.54 Å². The van der Waals surface area contributed by atoms with Crippen LogP contribution in [-0.2, 0) is 4.74 Å². The molecular weight excluding hydrogens is 228 g/mol. The number of ether oxygens (including phenoxy) is 1. The Morgan fingerprint density at radius 1 is 1.44 bits per heavy atom. The highest BCUT2D eigenvalue weighted by atomic mass is 16.5. The second kappa shape index (κ2) is 6.99. The molecule has 4 nitrogen and oxygen atoms in total. The smallest absolute Gasteiger partial charge is 0.341 e. The van der Waals surface area contributed by atoms with Crippen molar-refractivity contribution < 1.29 is 9.53 Å². The van der Waals surface area contributed by atoms with Crippen molar-refractivity contribution >= 4 is 11.8 Å². The average Bonchev–Trinajstić information content (AvgIpc) is 2.36. The van der Waals surface area contributed by atoms with E-state index in [2.05, 4.69) is 31.1 Å². The van der Waals surface area contributed by atoms with Gasteiger partial charge in [0.15, 0.2) is 0 Å². The number of carbonyl (C=O) groups excluding carboxylic acids is 1. The number of nitrogens with zero attached hydrogens (tertiary/aromatic N) is 1. The normalized spacial score (nSPS) is 12.3. The lowest BCUT2D eigenvalue weighted by Gasteiger charge is -2.17. The largest absolute Gasteiger partial charge is 0.462 e. The van der Waals surface area contributed by atoms with E-state index in [0.29, 0.717) is 29.8 Å². The molecule has 0 aliphatic heterocycles. The molecular formula is C14H22N2O2. The first-order valence-electron chi connectivity index (χ1n) is 6.42. The molecule has 4 heteroatoms. The highest BCUT2D eigenvalue weighted by molar-refractivity contribution is 5.94. The van der Waals surface area contributed by atoms with Gasteiger partial charge in [-0.05, 0) is 30.9 Å². The number of nitrogens with one attached hydrogen (secondary N) is 1. The molecule has 1 atom stereocenters. The lowest BCUT2D eigenvalue weighted by molar-refractivity contribution is 0.0527. The third kappa shape index (κ3) is 4.02. The fourth-order valence-corrected chi connectivity index (χ4v) is 1.41. The number of pyridine rings is 1. The molecule has 100 valence electrons. The van der Waals surface area contributed by atoms with E-state index in [1.807, 2.05) is 0 Å². The SMILES string of the molecule is CCOC(=O)c1cccnc1NCC(C)C(C)C. The molecule has 0 saturated carbocycles. The van der Waals surface area contributed by atoms with E-state index in [1.165, 1.54) is 0 Å². The third-order valence-corrected chi connectivity index (χ3v) is 3.03. The average molecular weight is 250 g/mol. The van der Waals surface area contributed by atoms with Crippen LogP contribution in [0.4, 0.5) is 5.82 Å². The van der Waals surface area contributed by atoms with Gasteiger partial charge in [0, 0.05) is 12.7 Å². The quantitative estimate of drug-likeness (QED) is 0.789. The van der Waals surface area contributed by atoms with E-state index in [-0.39, 0.29) is 5.97 Å². The van der Waals surface area contributed by atoms with Gasteiger partial charge >= 0.3 is 5.97 Å². The first-order chi connectivity index (χ1) is 8.56. The maximum Gasteiger partial charge on any atom is 0.341 e. The van der Waals surface area contributed by atoms with Gasteiger partial charge in [-0.3, -0.25) is 0 Å². The Kier molecular flexibility index (Phi) is 5.62. The highest BCUT2D eigenvalue weighted by Gasteiger charge is 2.14. The van der Waals surface area contributed by atoms with Crippen molar-refractivity contribution in [2.24, 2.45) is 11.8 Å². The number of esters is 1. The standard InChI is InChI=1S/C14H22N2O2/c1-5-18-14(17)12-7-6-8-15-13(12)16-9-11(4)10(2)3/h6-8,10-11H,5,9H2,1-4H3,(H,15,16). The molecule has 1 aromatic heterocycles. The fraction of sp³-hybridized carbons (Fsp3) is 0.571. The van der Waals surface area contributed by atoms with Gasteiger partial charge in [-0.1, -0.05) is 20.8 Å². The predicted molar refractivity (Wildman–Crippen MR) is 72.7 cm³/mol. The molecule has 0 aliphatic rings. The maximum atomic E-state index is 11.7. The Balaban J connectivity index is 2.73. The maximum absolute atomic E-state index is 11.7. The molecule has 0 aliphatic carbocycles. The molecule has 18 heavy (non-hydrogen) atoms. The predicted octanol–water partition coefficient (Wildman–Crippen LogP) is 2.96. The molecule has 1 rings (SSSR count). The van der Waals surface area contributed by atoms with Crippen LogP contribution in [0.2, 0.25) is 0 Å². The van der Waals surface area contributed by atoms with Crippen LogP contribution >= 0.6 is 0 Å². The zero-order chi connectivity index (χ0) is 13.5. The second-order valence-corrected chi connectivity index (χ2v) is 4.72. The Labute approximate surface area is 109 Å². The van der Waals surface area contributed by atoms with Gasteiger partial charge in [0.25, 0.3) is 0 Å². The number of anilines is 1. The van der Waals surface area contributed by atoms with Gasteiger partial charge in [0.2, 0.25) is 0 Å². The van der Waals surface area contributed by atoms with Crippen LogP contribution in [0.3, 0.4) is 0 Å². The Hall–Kier alpha value is -1.58. The summed E-state index contributed by atoms with van der Waals surface area (Å²) in [5.74, 6) is 1.38. The van der Waals surface area contributed by atoms with Crippen LogP contribution in [0.25, 0.3) is 0 Å². The third-order valence-electron chi connectivity index (χ3n) is 3.03. The number of hydrogen-bond acceptors (Lipinski definition) is 4. The topological polar surface area (TPSA) is 51.2 Å². The molecule has 1 unspecified atom stereocenters.